The fraction of sp³-hybridized carbons (Fsp3) is 0.167. The fourth-order valence-corrected chi connectivity index (χ4v) is 1.98. The number of benzene rings is 1. The number of hydrogen-bond donors (Lipinski definition) is 0. The number of hydrogen-bond acceptors (Lipinski definition) is 3. The molecule has 1 atom stereocenters. The van der Waals surface area contributed by atoms with E-state index in [1.807, 2.05) is 30.3 Å². The molecule has 0 saturated carbocycles. The Labute approximate surface area is 109 Å². The van der Waals surface area contributed by atoms with E-state index in [0.717, 1.165) is 5.56 Å². The van der Waals surface area contributed by atoms with Crippen molar-refractivity contribution in [2.75, 3.05) is 7.11 Å². The first-order valence-corrected chi connectivity index (χ1v) is 5.74. The van der Waals surface area contributed by atoms with Crippen LogP contribution >= 0.6 is 23.2 Å². The lowest BCUT2D eigenvalue weighted by molar-refractivity contribution is 0.129. The van der Waals surface area contributed by atoms with Crippen molar-refractivity contribution in [2.45, 2.75) is 6.10 Å². The van der Waals surface area contributed by atoms with Crippen molar-refractivity contribution in [1.82, 2.24) is 9.97 Å². The van der Waals surface area contributed by atoms with Gasteiger partial charge in [-0.1, -0.05) is 53.5 Å². The average Bonchev–Trinajstić information content (AvgIpc) is 2.30. The monoisotopic (exact) mass is 268 g/mol. The molecule has 0 N–H and O–H groups in total. The van der Waals surface area contributed by atoms with Gasteiger partial charge in [-0.2, -0.15) is 0 Å². The second kappa shape index (κ2) is 5.45. The molecule has 0 amide bonds. The molecule has 0 radical (unpaired) electrons. The number of aromatic nitrogens is 2. The van der Waals surface area contributed by atoms with Gasteiger partial charge in [0, 0.05) is 13.2 Å². The topological polar surface area (TPSA) is 35.0 Å². The van der Waals surface area contributed by atoms with Crippen LogP contribution in [0, 0.1) is 0 Å². The molecule has 1 heterocycles. The number of nitrogens with zero attached hydrogens (tertiary/aromatic N) is 2. The molecule has 1 unspecified atom stereocenters. The van der Waals surface area contributed by atoms with Crippen LogP contribution in [0.3, 0.4) is 0 Å². The van der Waals surface area contributed by atoms with Gasteiger partial charge in [0.2, 0.25) is 0 Å². The Bertz CT molecular complexity index is 485. The highest BCUT2D eigenvalue weighted by atomic mass is 35.5. The van der Waals surface area contributed by atoms with Gasteiger partial charge in [-0.3, -0.25) is 0 Å². The van der Waals surface area contributed by atoms with Gasteiger partial charge < -0.3 is 4.74 Å². The second-order valence-electron chi connectivity index (χ2n) is 3.40. The van der Waals surface area contributed by atoms with E-state index in [9.17, 15) is 0 Å². The molecule has 0 aliphatic carbocycles. The van der Waals surface area contributed by atoms with E-state index in [1.54, 1.807) is 7.11 Å². The summed E-state index contributed by atoms with van der Waals surface area (Å²) in [5, 5.41) is 0.607. The van der Waals surface area contributed by atoms with Crippen LogP contribution in [-0.4, -0.2) is 17.1 Å². The first-order valence-electron chi connectivity index (χ1n) is 4.98. The standard InChI is InChI=1S/C12H10Cl2N2O/c1-17-11(8-5-3-2-4-6-8)12-15-9(13)7-10(14)16-12/h2-7,11H,1H3. The van der Waals surface area contributed by atoms with Crippen molar-refractivity contribution in [3.63, 3.8) is 0 Å². The van der Waals surface area contributed by atoms with Crippen LogP contribution in [-0.2, 0) is 4.74 Å². The molecule has 0 aliphatic heterocycles. The highest BCUT2D eigenvalue weighted by Gasteiger charge is 2.17. The minimum atomic E-state index is -0.368. The maximum absolute atomic E-state index is 5.85. The maximum Gasteiger partial charge on any atom is 0.165 e. The first-order chi connectivity index (χ1) is 8.20. The van der Waals surface area contributed by atoms with Crippen LogP contribution in [0.25, 0.3) is 0 Å². The van der Waals surface area contributed by atoms with Crippen LogP contribution in [0.4, 0.5) is 0 Å². The zero-order valence-electron chi connectivity index (χ0n) is 9.10. The molecule has 0 saturated heterocycles. The smallest absolute Gasteiger partial charge is 0.165 e. The van der Waals surface area contributed by atoms with E-state index in [0.29, 0.717) is 16.1 Å². The summed E-state index contributed by atoms with van der Waals surface area (Å²) in [5.74, 6) is 0.455. The lowest BCUT2D eigenvalue weighted by Gasteiger charge is -2.14. The van der Waals surface area contributed by atoms with Gasteiger partial charge in [-0.05, 0) is 5.56 Å². The lowest BCUT2D eigenvalue weighted by atomic mass is 10.1. The summed E-state index contributed by atoms with van der Waals surface area (Å²) in [6.07, 6.45) is -0.368. The van der Waals surface area contributed by atoms with Crippen molar-refractivity contribution in [3.05, 3.63) is 58.1 Å². The Morgan fingerprint density at radius 1 is 1.06 bits per heavy atom. The van der Waals surface area contributed by atoms with Crippen LogP contribution < -0.4 is 0 Å². The van der Waals surface area contributed by atoms with Crippen molar-refractivity contribution in [2.24, 2.45) is 0 Å². The molecule has 3 nitrogen and oxygen atoms in total. The molecule has 17 heavy (non-hydrogen) atoms. The van der Waals surface area contributed by atoms with Gasteiger partial charge in [0.05, 0.1) is 0 Å². The highest BCUT2D eigenvalue weighted by molar-refractivity contribution is 6.33. The van der Waals surface area contributed by atoms with Gasteiger partial charge >= 0.3 is 0 Å². The number of halogens is 2. The summed E-state index contributed by atoms with van der Waals surface area (Å²) in [4.78, 5) is 8.25. The Balaban J connectivity index is 2.42. The van der Waals surface area contributed by atoms with Gasteiger partial charge in [0.25, 0.3) is 0 Å². The van der Waals surface area contributed by atoms with Crippen LogP contribution in [0.15, 0.2) is 36.4 Å². The zero-order chi connectivity index (χ0) is 12.3. The van der Waals surface area contributed by atoms with E-state index in [1.165, 1.54) is 6.07 Å². The second-order valence-corrected chi connectivity index (χ2v) is 4.17. The van der Waals surface area contributed by atoms with E-state index < -0.39 is 0 Å². The first kappa shape index (κ1) is 12.3. The third-order valence-corrected chi connectivity index (χ3v) is 2.64. The van der Waals surface area contributed by atoms with E-state index in [4.69, 9.17) is 27.9 Å². The zero-order valence-corrected chi connectivity index (χ0v) is 10.6. The molecule has 2 rings (SSSR count). The number of rotatable bonds is 3. The van der Waals surface area contributed by atoms with Gasteiger partial charge in [-0.15, -0.1) is 0 Å². The normalized spacial score (nSPS) is 12.4. The maximum atomic E-state index is 5.85. The minimum absolute atomic E-state index is 0.304. The summed E-state index contributed by atoms with van der Waals surface area (Å²) >= 11 is 11.7. The molecule has 2 aromatic rings. The van der Waals surface area contributed by atoms with Crippen molar-refractivity contribution in [3.8, 4) is 0 Å². The summed E-state index contributed by atoms with van der Waals surface area (Å²) in [5.41, 5.74) is 0.952. The van der Waals surface area contributed by atoms with E-state index in [2.05, 4.69) is 9.97 Å². The van der Waals surface area contributed by atoms with Gasteiger partial charge in [0.1, 0.15) is 16.4 Å². The lowest BCUT2D eigenvalue weighted by Crippen LogP contribution is -2.08. The Kier molecular flexibility index (Phi) is 3.94. The number of ether oxygens (including phenoxy) is 1. The summed E-state index contributed by atoms with van der Waals surface area (Å²) < 4.78 is 5.39. The minimum Gasteiger partial charge on any atom is -0.369 e. The molecule has 0 aliphatic rings. The fourth-order valence-electron chi connectivity index (χ4n) is 1.54. The van der Waals surface area contributed by atoms with Crippen LogP contribution in [0.5, 0.6) is 0 Å². The predicted octanol–water partition coefficient (Wildman–Crippen LogP) is 3.52. The van der Waals surface area contributed by atoms with Gasteiger partial charge in [-0.25, -0.2) is 9.97 Å². The molecular formula is C12H10Cl2N2O. The highest BCUT2D eigenvalue weighted by Crippen LogP contribution is 2.24. The largest absolute Gasteiger partial charge is 0.369 e. The molecular weight excluding hydrogens is 259 g/mol. The predicted molar refractivity (Wildman–Crippen MR) is 67.3 cm³/mol. The van der Waals surface area contributed by atoms with Crippen molar-refractivity contribution >= 4 is 23.2 Å². The number of methoxy groups -OCH3 is 1. The summed E-state index contributed by atoms with van der Waals surface area (Å²) in [6.45, 7) is 0. The summed E-state index contributed by atoms with van der Waals surface area (Å²) in [7, 11) is 1.59. The Morgan fingerprint density at radius 2 is 1.65 bits per heavy atom. The molecule has 0 fully saturated rings. The molecule has 1 aromatic heterocycles. The van der Waals surface area contributed by atoms with E-state index >= 15 is 0 Å². The Morgan fingerprint density at radius 3 is 2.18 bits per heavy atom. The van der Waals surface area contributed by atoms with Crippen molar-refractivity contribution in [1.29, 1.82) is 0 Å². The SMILES string of the molecule is COC(c1ccccc1)c1nc(Cl)cc(Cl)n1. The quantitative estimate of drug-likeness (QED) is 0.799. The Hall–Kier alpha value is -1.16. The third kappa shape index (κ3) is 2.94. The molecule has 0 spiro atoms. The van der Waals surface area contributed by atoms with E-state index in [-0.39, 0.29) is 6.10 Å². The summed E-state index contributed by atoms with van der Waals surface area (Å²) in [6, 6.07) is 11.1. The molecule has 0 bridgehead atoms. The average molecular weight is 269 g/mol. The molecule has 88 valence electrons. The third-order valence-electron chi connectivity index (χ3n) is 2.25. The molecule has 5 heteroatoms. The van der Waals surface area contributed by atoms with Crippen molar-refractivity contribution < 1.29 is 4.74 Å². The van der Waals surface area contributed by atoms with Gasteiger partial charge in [0.15, 0.2) is 5.82 Å². The molecule has 1 aromatic carbocycles. The van der Waals surface area contributed by atoms with Crippen LogP contribution in [0.1, 0.15) is 17.5 Å². The van der Waals surface area contributed by atoms with Crippen LogP contribution in [0.2, 0.25) is 10.3 Å².